The second kappa shape index (κ2) is 14.8. The van der Waals surface area contributed by atoms with Crippen LogP contribution in [-0.4, -0.2) is 77.5 Å². The Balaban J connectivity index is 1.94. The normalized spacial score (nSPS) is 13.6. The fraction of sp³-hybridized carbons (Fsp3) is 0.441. The van der Waals surface area contributed by atoms with Gasteiger partial charge in [-0.25, -0.2) is 0 Å². The number of carbonyl (C=O) groups excluding carboxylic acids is 3. The lowest BCUT2D eigenvalue weighted by Crippen LogP contribution is -2.56. The van der Waals surface area contributed by atoms with Crippen LogP contribution < -0.4 is 11.1 Å². The van der Waals surface area contributed by atoms with E-state index in [0.29, 0.717) is 12.8 Å². The van der Waals surface area contributed by atoms with Crippen molar-refractivity contribution in [3.8, 4) is 0 Å². The first kappa shape index (κ1) is 34.0. The summed E-state index contributed by atoms with van der Waals surface area (Å²) in [5.41, 5.74) is 6.00. The second-order valence-electron chi connectivity index (χ2n) is 12.7. The molecule has 3 aromatic rings. The van der Waals surface area contributed by atoms with Crippen molar-refractivity contribution in [1.29, 1.82) is 0 Å². The highest BCUT2D eigenvalue weighted by molar-refractivity contribution is 7.09. The molecule has 43 heavy (non-hydrogen) atoms. The highest BCUT2D eigenvalue weighted by Gasteiger charge is 2.35. The van der Waals surface area contributed by atoms with Crippen LogP contribution in [0.3, 0.4) is 0 Å². The van der Waals surface area contributed by atoms with Gasteiger partial charge in [0.15, 0.2) is 0 Å². The number of hydrogen-bond donors (Lipinski definition) is 3. The van der Waals surface area contributed by atoms with E-state index >= 15 is 0 Å². The maximum atomic E-state index is 14.3. The zero-order valence-corrected chi connectivity index (χ0v) is 27.0. The number of hydrogen-bond acceptors (Lipinski definition) is 6. The van der Waals surface area contributed by atoms with Crippen LogP contribution in [0.2, 0.25) is 0 Å². The number of nitrogens with zero attached hydrogens (tertiary/aromatic N) is 2. The maximum Gasteiger partial charge on any atom is 0.246 e. The van der Waals surface area contributed by atoms with Gasteiger partial charge in [-0.15, -0.1) is 11.3 Å². The van der Waals surface area contributed by atoms with Crippen molar-refractivity contribution in [2.24, 2.45) is 11.1 Å². The molecule has 0 unspecified atom stereocenters. The Morgan fingerprint density at radius 3 is 2.28 bits per heavy atom. The molecule has 0 fully saturated rings. The molecule has 9 heteroatoms. The van der Waals surface area contributed by atoms with Crippen molar-refractivity contribution >= 4 is 39.8 Å². The number of likely N-dealkylation sites (N-methyl/N-ethyl adjacent to an activating group) is 2. The summed E-state index contributed by atoms with van der Waals surface area (Å²) in [5, 5.41) is 16.7. The third-order valence-corrected chi connectivity index (χ3v) is 8.41. The van der Waals surface area contributed by atoms with Crippen molar-refractivity contribution in [3.05, 3.63) is 82.6 Å². The van der Waals surface area contributed by atoms with E-state index in [1.165, 1.54) is 27.2 Å². The maximum absolute atomic E-state index is 14.3. The molecule has 232 valence electrons. The van der Waals surface area contributed by atoms with Gasteiger partial charge >= 0.3 is 0 Å². The highest BCUT2D eigenvalue weighted by atomic mass is 32.1. The van der Waals surface area contributed by atoms with Gasteiger partial charge in [0.05, 0.1) is 0 Å². The lowest BCUT2D eigenvalue weighted by Gasteiger charge is -2.34. The van der Waals surface area contributed by atoms with E-state index in [4.69, 9.17) is 5.73 Å². The summed E-state index contributed by atoms with van der Waals surface area (Å²) < 4.78 is 0. The monoisotopic (exact) mass is 606 g/mol. The average molecular weight is 607 g/mol. The van der Waals surface area contributed by atoms with Crippen LogP contribution in [0.5, 0.6) is 0 Å². The Morgan fingerprint density at radius 2 is 1.65 bits per heavy atom. The molecule has 1 heterocycles. The molecule has 0 aliphatic heterocycles. The minimum Gasteiger partial charge on any atom is -0.396 e. The van der Waals surface area contributed by atoms with E-state index < -0.39 is 23.0 Å². The van der Waals surface area contributed by atoms with Crippen molar-refractivity contribution in [3.63, 3.8) is 0 Å². The largest absolute Gasteiger partial charge is 0.396 e. The fourth-order valence-electron chi connectivity index (χ4n) is 4.63. The van der Waals surface area contributed by atoms with Gasteiger partial charge in [-0.3, -0.25) is 14.4 Å². The number of fused-ring (bicyclic) bond motifs is 1. The highest BCUT2D eigenvalue weighted by Crippen LogP contribution is 2.21. The SMILES string of the molecule is CN(C(=O)/C=C/CC(C)(C)N)[C@H](Cc1ccc2ccccc2c1)C(=O)N(C)[C@H](Cc1cccs1)C(=O)NCC(C)(C)CO. The van der Waals surface area contributed by atoms with E-state index in [2.05, 4.69) is 5.32 Å². The van der Waals surface area contributed by atoms with E-state index in [1.54, 1.807) is 20.2 Å². The van der Waals surface area contributed by atoms with Crippen molar-refractivity contribution in [2.75, 3.05) is 27.2 Å². The number of aliphatic hydroxyl groups excluding tert-OH is 1. The Hall–Kier alpha value is -3.53. The number of nitrogens with one attached hydrogen (secondary N) is 1. The van der Waals surface area contributed by atoms with Gasteiger partial charge in [-0.05, 0) is 54.1 Å². The Kier molecular flexibility index (Phi) is 11.7. The Labute approximate surface area is 259 Å². The summed E-state index contributed by atoms with van der Waals surface area (Å²) in [6.45, 7) is 7.64. The first-order chi connectivity index (χ1) is 20.2. The van der Waals surface area contributed by atoms with E-state index in [-0.39, 0.29) is 37.3 Å². The van der Waals surface area contributed by atoms with Crippen LogP contribution in [0.15, 0.2) is 72.1 Å². The number of benzene rings is 2. The smallest absolute Gasteiger partial charge is 0.246 e. The molecule has 0 bridgehead atoms. The Bertz CT molecular complexity index is 1410. The standard InChI is InChI=1S/C34H46N4O4S/c1-33(2,23-39)22-36-31(41)28(21-27-13-10-18-43-27)38(6)32(42)29(37(5)30(40)14-9-17-34(3,4)35)20-24-15-16-25-11-7-8-12-26(25)19-24/h7-16,18-19,28-29,39H,17,20-23,35H2,1-6H3,(H,36,41)/b14-9+/t28-,29-/m1/s1. The van der Waals surface area contributed by atoms with E-state index in [1.807, 2.05) is 87.7 Å². The van der Waals surface area contributed by atoms with Gasteiger partial charge in [0.2, 0.25) is 17.7 Å². The van der Waals surface area contributed by atoms with E-state index in [9.17, 15) is 19.5 Å². The molecule has 8 nitrogen and oxygen atoms in total. The van der Waals surface area contributed by atoms with Gasteiger partial charge in [0.25, 0.3) is 0 Å². The van der Waals surface area contributed by atoms with Crippen LogP contribution in [0.1, 0.15) is 44.6 Å². The molecule has 0 saturated carbocycles. The topological polar surface area (TPSA) is 116 Å². The first-order valence-corrected chi connectivity index (χ1v) is 15.5. The molecule has 2 aromatic carbocycles. The lowest BCUT2D eigenvalue weighted by atomic mass is 9.94. The molecule has 0 aliphatic rings. The first-order valence-electron chi connectivity index (χ1n) is 14.6. The van der Waals surface area contributed by atoms with Crippen molar-refractivity contribution < 1.29 is 19.5 Å². The van der Waals surface area contributed by atoms with Crippen LogP contribution in [-0.2, 0) is 27.2 Å². The minimum absolute atomic E-state index is 0.0900. The fourth-order valence-corrected chi connectivity index (χ4v) is 5.37. The molecule has 0 aliphatic carbocycles. The van der Waals surface area contributed by atoms with Gasteiger partial charge in [-0.2, -0.15) is 0 Å². The molecule has 0 saturated heterocycles. The van der Waals surface area contributed by atoms with Crippen molar-refractivity contribution in [1.82, 2.24) is 15.1 Å². The van der Waals surface area contributed by atoms with Gasteiger partial charge in [-0.1, -0.05) is 68.5 Å². The molecule has 4 N–H and O–H groups in total. The molecule has 3 rings (SSSR count). The summed E-state index contributed by atoms with van der Waals surface area (Å²) in [4.78, 5) is 45.1. The van der Waals surface area contributed by atoms with Crippen LogP contribution in [0.4, 0.5) is 0 Å². The predicted octanol–water partition coefficient (Wildman–Crippen LogP) is 4.16. The molecular formula is C34H46N4O4S. The Morgan fingerprint density at radius 1 is 0.953 bits per heavy atom. The van der Waals surface area contributed by atoms with E-state index in [0.717, 1.165) is 21.2 Å². The predicted molar refractivity (Wildman–Crippen MR) is 175 cm³/mol. The molecular weight excluding hydrogens is 560 g/mol. The number of aliphatic hydroxyl groups is 1. The van der Waals surface area contributed by atoms with Crippen molar-refractivity contribution in [2.45, 2.75) is 64.6 Å². The van der Waals surface area contributed by atoms with Crippen LogP contribution >= 0.6 is 11.3 Å². The van der Waals surface area contributed by atoms with Gasteiger partial charge < -0.3 is 26.0 Å². The van der Waals surface area contributed by atoms with Gasteiger partial charge in [0, 0.05) is 55.9 Å². The average Bonchev–Trinajstić information content (AvgIpc) is 3.49. The number of thiophene rings is 1. The molecule has 3 amide bonds. The zero-order valence-electron chi connectivity index (χ0n) is 26.2. The zero-order chi connectivity index (χ0) is 31.8. The summed E-state index contributed by atoms with van der Waals surface area (Å²) in [6, 6.07) is 16.2. The van der Waals surface area contributed by atoms with Crippen LogP contribution in [0, 0.1) is 5.41 Å². The summed E-state index contributed by atoms with van der Waals surface area (Å²) in [6.07, 6.45) is 4.30. The molecule has 1 aromatic heterocycles. The number of carbonyl (C=O) groups is 3. The molecule has 2 atom stereocenters. The summed E-state index contributed by atoms with van der Waals surface area (Å²) in [7, 11) is 3.24. The molecule has 0 radical (unpaired) electrons. The summed E-state index contributed by atoms with van der Waals surface area (Å²) >= 11 is 1.52. The quantitative estimate of drug-likeness (QED) is 0.239. The summed E-state index contributed by atoms with van der Waals surface area (Å²) in [5.74, 6) is -0.968. The minimum atomic E-state index is -0.860. The number of amides is 3. The third-order valence-electron chi connectivity index (χ3n) is 7.51. The molecule has 0 spiro atoms. The second-order valence-corrected chi connectivity index (χ2v) is 13.8. The number of rotatable bonds is 14. The van der Waals surface area contributed by atoms with Crippen LogP contribution in [0.25, 0.3) is 10.8 Å². The number of nitrogens with two attached hydrogens (primary N) is 1. The van der Waals surface area contributed by atoms with Gasteiger partial charge in [0.1, 0.15) is 12.1 Å². The lowest BCUT2D eigenvalue weighted by molar-refractivity contribution is -0.146. The third kappa shape index (κ3) is 10.0.